The zero-order valence-electron chi connectivity index (χ0n) is 17.3. The van der Waals surface area contributed by atoms with Crippen LogP contribution in [0.2, 0.25) is 0 Å². The van der Waals surface area contributed by atoms with Gasteiger partial charge in [-0.1, -0.05) is 18.2 Å². The van der Waals surface area contributed by atoms with E-state index in [9.17, 15) is 14.4 Å². The molecule has 2 aromatic heterocycles. The predicted octanol–water partition coefficient (Wildman–Crippen LogP) is 3.61. The number of hydrogen-bond donors (Lipinski definition) is 0. The van der Waals surface area contributed by atoms with Crippen molar-refractivity contribution in [2.45, 2.75) is 39.3 Å². The van der Waals surface area contributed by atoms with Crippen LogP contribution in [-0.4, -0.2) is 40.6 Å². The van der Waals surface area contributed by atoms with Crippen LogP contribution in [-0.2, 0) is 20.8 Å². The molecular weight excluding hydrogens is 384 g/mol. The number of hydrogen-bond acceptors (Lipinski definition) is 5. The highest BCUT2D eigenvalue weighted by atomic mass is 16.5. The summed E-state index contributed by atoms with van der Waals surface area (Å²) in [6.45, 7) is 3.51. The molecule has 4 rings (SSSR count). The monoisotopic (exact) mass is 408 g/mol. The Labute approximate surface area is 174 Å². The van der Waals surface area contributed by atoms with Crippen molar-refractivity contribution >= 4 is 28.6 Å². The molecule has 0 amide bonds. The Morgan fingerprint density at radius 2 is 1.83 bits per heavy atom. The fourth-order valence-electron chi connectivity index (χ4n) is 4.01. The van der Waals surface area contributed by atoms with Gasteiger partial charge in [-0.2, -0.15) is 0 Å². The van der Waals surface area contributed by atoms with Crippen molar-refractivity contribution in [3.05, 3.63) is 59.0 Å². The lowest BCUT2D eigenvalue weighted by Crippen LogP contribution is -2.18. The molecule has 30 heavy (non-hydrogen) atoms. The highest BCUT2D eigenvalue weighted by Gasteiger charge is 2.28. The minimum absolute atomic E-state index is 0.105. The van der Waals surface area contributed by atoms with Crippen molar-refractivity contribution in [1.29, 1.82) is 0 Å². The number of carbonyl (C=O) groups is 3. The molecule has 0 aliphatic heterocycles. The molecule has 0 spiro atoms. The first-order valence-electron chi connectivity index (χ1n) is 9.94. The van der Waals surface area contributed by atoms with Crippen molar-refractivity contribution in [1.82, 2.24) is 9.13 Å². The molecule has 1 aliphatic carbocycles. The molecule has 0 atom stereocenters. The Morgan fingerprint density at radius 3 is 2.53 bits per heavy atom. The topological polar surface area (TPSA) is 79.5 Å². The summed E-state index contributed by atoms with van der Waals surface area (Å²) >= 11 is 0. The van der Waals surface area contributed by atoms with Crippen LogP contribution < -0.4 is 0 Å². The lowest BCUT2D eigenvalue weighted by Gasteiger charge is -2.08. The van der Waals surface area contributed by atoms with Gasteiger partial charge in [-0.3, -0.25) is 9.59 Å². The van der Waals surface area contributed by atoms with Gasteiger partial charge in [0.25, 0.3) is 0 Å². The molecule has 1 fully saturated rings. The molecule has 3 aromatic rings. The maximum absolute atomic E-state index is 12.6. The first kappa shape index (κ1) is 19.9. The minimum Gasteiger partial charge on any atom is -0.465 e. The second-order valence-electron chi connectivity index (χ2n) is 7.65. The highest BCUT2D eigenvalue weighted by molar-refractivity contribution is 6.04. The van der Waals surface area contributed by atoms with E-state index in [0.717, 1.165) is 24.2 Å². The van der Waals surface area contributed by atoms with Gasteiger partial charge in [0.1, 0.15) is 6.54 Å². The number of rotatable bonds is 7. The number of aromatic nitrogens is 2. The third-order valence-corrected chi connectivity index (χ3v) is 5.55. The number of fused-ring (bicyclic) bond motifs is 1. The van der Waals surface area contributed by atoms with Gasteiger partial charge in [0.05, 0.1) is 12.7 Å². The van der Waals surface area contributed by atoms with E-state index in [1.165, 1.54) is 7.11 Å². The third kappa shape index (κ3) is 3.63. The van der Waals surface area contributed by atoms with E-state index in [2.05, 4.69) is 4.57 Å². The van der Waals surface area contributed by atoms with E-state index in [0.29, 0.717) is 28.1 Å². The fraction of sp³-hybridized carbons (Fsp3) is 0.348. The van der Waals surface area contributed by atoms with Gasteiger partial charge < -0.3 is 18.6 Å². The van der Waals surface area contributed by atoms with Gasteiger partial charge in [-0.05, 0) is 38.8 Å². The Kier molecular flexibility index (Phi) is 5.20. The molecule has 0 bridgehead atoms. The quantitative estimate of drug-likeness (QED) is 0.441. The van der Waals surface area contributed by atoms with Gasteiger partial charge in [0.2, 0.25) is 5.78 Å². The van der Waals surface area contributed by atoms with Crippen LogP contribution in [0.25, 0.3) is 10.9 Å². The summed E-state index contributed by atoms with van der Waals surface area (Å²) in [4.78, 5) is 37.0. The number of para-hydroxylation sites is 1. The summed E-state index contributed by atoms with van der Waals surface area (Å²) in [6.07, 6.45) is 3.84. The third-order valence-electron chi connectivity index (χ3n) is 5.55. The summed E-state index contributed by atoms with van der Waals surface area (Å²) in [7, 11) is 1.31. The zero-order valence-corrected chi connectivity index (χ0v) is 17.3. The molecule has 0 N–H and O–H groups in total. The second-order valence-corrected chi connectivity index (χ2v) is 7.65. The molecule has 0 saturated heterocycles. The number of nitrogens with zero attached hydrogens (tertiary/aromatic N) is 2. The first-order valence-corrected chi connectivity index (χ1v) is 9.94. The number of ether oxygens (including phenoxy) is 2. The molecule has 0 radical (unpaired) electrons. The SMILES string of the molecule is COC(=O)c1cn(CC(=O)OCC(=O)c2cc(C)n(C3CC3)c2C)c2ccccc12. The first-order chi connectivity index (χ1) is 14.4. The van der Waals surface area contributed by atoms with Crippen LogP contribution in [0.15, 0.2) is 36.5 Å². The average Bonchev–Trinajstić information content (AvgIpc) is 3.44. The van der Waals surface area contributed by atoms with Crippen LogP contribution in [0.5, 0.6) is 0 Å². The van der Waals surface area contributed by atoms with Crippen molar-refractivity contribution < 1.29 is 23.9 Å². The molecule has 1 aliphatic rings. The Hall–Kier alpha value is -3.35. The number of carbonyl (C=O) groups excluding carboxylic acids is 3. The lowest BCUT2D eigenvalue weighted by atomic mass is 10.1. The number of aryl methyl sites for hydroxylation is 1. The highest BCUT2D eigenvalue weighted by Crippen LogP contribution is 2.38. The second kappa shape index (κ2) is 7.82. The lowest BCUT2D eigenvalue weighted by molar-refractivity contribution is -0.143. The molecule has 0 unspecified atom stereocenters. The summed E-state index contributed by atoms with van der Waals surface area (Å²) < 4.78 is 13.9. The van der Waals surface area contributed by atoms with Gasteiger partial charge in [0, 0.05) is 40.1 Å². The van der Waals surface area contributed by atoms with E-state index in [1.54, 1.807) is 16.8 Å². The van der Waals surface area contributed by atoms with Gasteiger partial charge >= 0.3 is 11.9 Å². The summed E-state index contributed by atoms with van der Waals surface area (Å²) in [6, 6.07) is 9.60. The zero-order chi connectivity index (χ0) is 21.4. The molecule has 1 saturated carbocycles. The summed E-state index contributed by atoms with van der Waals surface area (Å²) in [5.41, 5.74) is 3.68. The van der Waals surface area contributed by atoms with E-state index < -0.39 is 11.9 Å². The maximum Gasteiger partial charge on any atom is 0.340 e. The van der Waals surface area contributed by atoms with E-state index in [1.807, 2.05) is 38.1 Å². The maximum atomic E-state index is 12.6. The van der Waals surface area contributed by atoms with Gasteiger partial charge in [-0.25, -0.2) is 4.79 Å². The predicted molar refractivity (Wildman–Crippen MR) is 111 cm³/mol. The van der Waals surface area contributed by atoms with Crippen molar-refractivity contribution in [3.8, 4) is 0 Å². The van der Waals surface area contributed by atoms with Gasteiger partial charge in [-0.15, -0.1) is 0 Å². The number of methoxy groups -OCH3 is 1. The van der Waals surface area contributed by atoms with E-state index in [4.69, 9.17) is 9.47 Å². The van der Waals surface area contributed by atoms with E-state index in [-0.39, 0.29) is 18.9 Å². The molecular formula is C23H24N2O5. The van der Waals surface area contributed by atoms with Crippen molar-refractivity contribution in [2.24, 2.45) is 0 Å². The normalized spacial score (nSPS) is 13.4. The van der Waals surface area contributed by atoms with Crippen LogP contribution in [0, 0.1) is 13.8 Å². The molecule has 156 valence electrons. The summed E-state index contributed by atoms with van der Waals surface area (Å²) in [5, 5.41) is 0.695. The van der Waals surface area contributed by atoms with Gasteiger partial charge in [0.15, 0.2) is 6.61 Å². The van der Waals surface area contributed by atoms with Crippen LogP contribution in [0.3, 0.4) is 0 Å². The Morgan fingerprint density at radius 1 is 1.10 bits per heavy atom. The Balaban J connectivity index is 1.45. The van der Waals surface area contributed by atoms with Crippen LogP contribution in [0.4, 0.5) is 0 Å². The average molecular weight is 408 g/mol. The standard InChI is InChI=1S/C23H24N2O5/c1-14-10-18(15(2)25(14)16-8-9-16)21(26)13-30-22(27)12-24-11-19(23(28)29-3)17-6-4-5-7-20(17)24/h4-7,10-11,16H,8-9,12-13H2,1-3H3. The van der Waals surface area contributed by atoms with E-state index >= 15 is 0 Å². The number of Topliss-reactive ketones (excluding diaryl/α,β-unsaturated/α-hetero) is 1. The number of benzene rings is 1. The summed E-state index contributed by atoms with van der Waals surface area (Å²) in [5.74, 6) is -1.23. The molecule has 7 heteroatoms. The molecule has 2 heterocycles. The van der Waals surface area contributed by atoms with Crippen molar-refractivity contribution in [2.75, 3.05) is 13.7 Å². The number of esters is 2. The van der Waals surface area contributed by atoms with Crippen molar-refractivity contribution in [3.63, 3.8) is 0 Å². The number of ketones is 1. The molecule has 7 nitrogen and oxygen atoms in total. The smallest absolute Gasteiger partial charge is 0.340 e. The largest absolute Gasteiger partial charge is 0.465 e. The fourth-order valence-corrected chi connectivity index (χ4v) is 4.01. The Bertz CT molecular complexity index is 1150. The molecule has 1 aromatic carbocycles. The van der Waals surface area contributed by atoms with Crippen LogP contribution >= 0.6 is 0 Å². The minimum atomic E-state index is -0.545. The van der Waals surface area contributed by atoms with Crippen LogP contribution in [0.1, 0.15) is 51.0 Å².